The predicted octanol–water partition coefficient (Wildman–Crippen LogP) is 4.99. The SMILES string of the molecule is CSc1ccc(CNc2ccccc2C(=N)C(=O)Nc2ccc(NC(C)=O)cc2)cc1. The van der Waals surface area contributed by atoms with E-state index in [0.717, 1.165) is 11.3 Å². The minimum absolute atomic E-state index is 0.133. The highest BCUT2D eigenvalue weighted by molar-refractivity contribution is 7.98. The van der Waals surface area contributed by atoms with Crippen molar-refractivity contribution in [2.24, 2.45) is 0 Å². The van der Waals surface area contributed by atoms with E-state index in [4.69, 9.17) is 5.41 Å². The number of rotatable bonds is 8. The summed E-state index contributed by atoms with van der Waals surface area (Å²) in [5, 5.41) is 17.1. The molecule has 31 heavy (non-hydrogen) atoms. The molecule has 6 nitrogen and oxygen atoms in total. The molecule has 3 rings (SSSR count). The van der Waals surface area contributed by atoms with Crippen LogP contribution in [0.5, 0.6) is 0 Å². The summed E-state index contributed by atoms with van der Waals surface area (Å²) < 4.78 is 0. The topological polar surface area (TPSA) is 94.1 Å². The summed E-state index contributed by atoms with van der Waals surface area (Å²) in [5.74, 6) is -0.672. The highest BCUT2D eigenvalue weighted by atomic mass is 32.2. The van der Waals surface area contributed by atoms with E-state index in [2.05, 4.69) is 40.2 Å². The summed E-state index contributed by atoms with van der Waals surface area (Å²) in [4.78, 5) is 24.9. The zero-order valence-corrected chi connectivity index (χ0v) is 18.2. The van der Waals surface area contributed by atoms with Gasteiger partial charge in [-0.3, -0.25) is 15.0 Å². The summed E-state index contributed by atoms with van der Waals surface area (Å²) in [5.41, 5.74) is 3.41. The molecular formula is C24H24N4O2S. The van der Waals surface area contributed by atoms with Crippen LogP contribution in [0.4, 0.5) is 17.1 Å². The maximum atomic E-state index is 12.6. The highest BCUT2D eigenvalue weighted by Crippen LogP contribution is 2.20. The first-order valence-corrected chi connectivity index (χ1v) is 10.9. The van der Waals surface area contributed by atoms with Crippen LogP contribution < -0.4 is 16.0 Å². The first-order valence-electron chi connectivity index (χ1n) is 9.70. The first kappa shape index (κ1) is 22.1. The van der Waals surface area contributed by atoms with E-state index in [1.165, 1.54) is 11.8 Å². The molecule has 0 spiro atoms. The van der Waals surface area contributed by atoms with Gasteiger partial charge in [0.2, 0.25) is 5.91 Å². The van der Waals surface area contributed by atoms with Gasteiger partial charge in [-0.15, -0.1) is 11.8 Å². The number of thioether (sulfide) groups is 1. The summed E-state index contributed by atoms with van der Waals surface area (Å²) >= 11 is 1.69. The predicted molar refractivity (Wildman–Crippen MR) is 128 cm³/mol. The zero-order valence-electron chi connectivity index (χ0n) is 17.4. The molecule has 0 saturated heterocycles. The fraction of sp³-hybridized carbons (Fsp3) is 0.125. The van der Waals surface area contributed by atoms with Crippen LogP contribution in [-0.2, 0) is 16.1 Å². The van der Waals surface area contributed by atoms with E-state index in [1.807, 2.05) is 18.4 Å². The normalized spacial score (nSPS) is 10.3. The second kappa shape index (κ2) is 10.4. The molecule has 3 aromatic rings. The second-order valence-electron chi connectivity index (χ2n) is 6.83. The van der Waals surface area contributed by atoms with Crippen molar-refractivity contribution in [1.82, 2.24) is 0 Å². The van der Waals surface area contributed by atoms with Crippen LogP contribution in [0.2, 0.25) is 0 Å². The van der Waals surface area contributed by atoms with Gasteiger partial charge in [0.15, 0.2) is 0 Å². The standard InChI is InChI=1S/C24H24N4O2S/c1-16(29)27-18-9-11-19(12-10-18)28-24(30)23(25)21-5-3-4-6-22(21)26-15-17-7-13-20(31-2)14-8-17/h3-14,25-26H,15H2,1-2H3,(H,27,29)(H,28,30). The Bertz CT molecular complexity index is 1080. The Balaban J connectivity index is 1.66. The number of carbonyl (C=O) groups excluding carboxylic acids is 2. The number of benzene rings is 3. The van der Waals surface area contributed by atoms with Crippen LogP contribution in [0, 0.1) is 5.41 Å². The minimum Gasteiger partial charge on any atom is -0.380 e. The van der Waals surface area contributed by atoms with Crippen molar-refractivity contribution in [3.05, 3.63) is 83.9 Å². The number of hydrogen-bond acceptors (Lipinski definition) is 5. The van der Waals surface area contributed by atoms with Gasteiger partial charge in [0.1, 0.15) is 5.71 Å². The van der Waals surface area contributed by atoms with Crippen molar-refractivity contribution < 1.29 is 9.59 Å². The van der Waals surface area contributed by atoms with E-state index in [9.17, 15) is 9.59 Å². The number of amides is 2. The van der Waals surface area contributed by atoms with Crippen molar-refractivity contribution in [2.75, 3.05) is 22.2 Å². The van der Waals surface area contributed by atoms with E-state index < -0.39 is 5.91 Å². The maximum Gasteiger partial charge on any atom is 0.274 e. The largest absolute Gasteiger partial charge is 0.380 e. The van der Waals surface area contributed by atoms with Crippen LogP contribution in [0.15, 0.2) is 77.7 Å². The van der Waals surface area contributed by atoms with E-state index in [1.54, 1.807) is 48.2 Å². The lowest BCUT2D eigenvalue weighted by Gasteiger charge is -2.13. The van der Waals surface area contributed by atoms with Gasteiger partial charge in [-0.2, -0.15) is 0 Å². The van der Waals surface area contributed by atoms with Gasteiger partial charge in [0.25, 0.3) is 5.91 Å². The molecule has 3 aromatic carbocycles. The number of nitrogens with one attached hydrogen (secondary N) is 4. The van der Waals surface area contributed by atoms with Gasteiger partial charge in [0, 0.05) is 41.0 Å². The number of para-hydroxylation sites is 1. The molecule has 0 bridgehead atoms. The Labute approximate surface area is 186 Å². The number of anilines is 3. The fourth-order valence-corrected chi connectivity index (χ4v) is 3.36. The highest BCUT2D eigenvalue weighted by Gasteiger charge is 2.15. The summed E-state index contributed by atoms with van der Waals surface area (Å²) in [6.45, 7) is 2.02. The molecular weight excluding hydrogens is 408 g/mol. The van der Waals surface area contributed by atoms with Gasteiger partial charge >= 0.3 is 0 Å². The summed E-state index contributed by atoms with van der Waals surface area (Å²) in [7, 11) is 0. The molecule has 2 amide bonds. The van der Waals surface area contributed by atoms with E-state index >= 15 is 0 Å². The van der Waals surface area contributed by atoms with Crippen LogP contribution >= 0.6 is 11.8 Å². The molecule has 0 fully saturated rings. The fourth-order valence-electron chi connectivity index (χ4n) is 2.95. The molecule has 7 heteroatoms. The Morgan fingerprint density at radius 2 is 1.48 bits per heavy atom. The monoisotopic (exact) mass is 432 g/mol. The average molecular weight is 433 g/mol. The van der Waals surface area contributed by atoms with Crippen LogP contribution in [0.25, 0.3) is 0 Å². The van der Waals surface area contributed by atoms with Crippen molar-refractivity contribution in [2.45, 2.75) is 18.4 Å². The molecule has 0 aliphatic carbocycles. The first-order chi connectivity index (χ1) is 15.0. The Kier molecular flexibility index (Phi) is 7.45. The minimum atomic E-state index is -0.508. The number of hydrogen-bond donors (Lipinski definition) is 4. The smallest absolute Gasteiger partial charge is 0.274 e. The molecule has 158 valence electrons. The lowest BCUT2D eigenvalue weighted by Crippen LogP contribution is -2.24. The van der Waals surface area contributed by atoms with Gasteiger partial charge in [-0.25, -0.2) is 0 Å². The lowest BCUT2D eigenvalue weighted by atomic mass is 10.1. The lowest BCUT2D eigenvalue weighted by molar-refractivity contribution is -0.114. The van der Waals surface area contributed by atoms with E-state index in [-0.39, 0.29) is 11.6 Å². The third-order valence-electron chi connectivity index (χ3n) is 4.53. The average Bonchev–Trinajstić information content (AvgIpc) is 2.78. The van der Waals surface area contributed by atoms with Crippen molar-refractivity contribution >= 4 is 46.4 Å². The second-order valence-corrected chi connectivity index (χ2v) is 7.71. The Morgan fingerprint density at radius 3 is 2.10 bits per heavy atom. The van der Waals surface area contributed by atoms with Crippen LogP contribution in [-0.4, -0.2) is 23.8 Å². The van der Waals surface area contributed by atoms with Gasteiger partial charge in [-0.05, 0) is 54.3 Å². The molecule has 0 aliphatic rings. The zero-order chi connectivity index (χ0) is 22.2. The molecule has 0 heterocycles. The molecule has 0 radical (unpaired) electrons. The summed E-state index contributed by atoms with van der Waals surface area (Å²) in [6.07, 6.45) is 2.04. The van der Waals surface area contributed by atoms with Crippen LogP contribution in [0.3, 0.4) is 0 Å². The molecule has 4 N–H and O–H groups in total. The van der Waals surface area contributed by atoms with Crippen molar-refractivity contribution in [3.63, 3.8) is 0 Å². The summed E-state index contributed by atoms with van der Waals surface area (Å²) in [6, 6.07) is 22.3. The Morgan fingerprint density at radius 1 is 0.871 bits per heavy atom. The maximum absolute atomic E-state index is 12.6. The molecule has 0 unspecified atom stereocenters. The molecule has 0 saturated carbocycles. The quantitative estimate of drug-likeness (QED) is 0.298. The third-order valence-corrected chi connectivity index (χ3v) is 5.27. The van der Waals surface area contributed by atoms with Crippen LogP contribution in [0.1, 0.15) is 18.1 Å². The Hall–Kier alpha value is -3.58. The number of carbonyl (C=O) groups is 2. The molecule has 0 aliphatic heterocycles. The molecule has 0 aromatic heterocycles. The van der Waals surface area contributed by atoms with Gasteiger partial charge in [0.05, 0.1) is 0 Å². The van der Waals surface area contributed by atoms with Crippen molar-refractivity contribution in [3.8, 4) is 0 Å². The van der Waals surface area contributed by atoms with Gasteiger partial charge in [-0.1, -0.05) is 30.3 Å². The molecule has 0 atom stereocenters. The van der Waals surface area contributed by atoms with Gasteiger partial charge < -0.3 is 16.0 Å². The van der Waals surface area contributed by atoms with Crippen molar-refractivity contribution in [1.29, 1.82) is 5.41 Å². The third kappa shape index (κ3) is 6.20. The van der Waals surface area contributed by atoms with E-state index in [0.29, 0.717) is 23.5 Å².